The second-order valence-corrected chi connectivity index (χ2v) is 19.8. The van der Waals surface area contributed by atoms with Crippen LogP contribution in [0.3, 0.4) is 0 Å². The smallest absolute Gasteiger partial charge is 0.872 e. The molecule has 17 heteroatoms. The normalized spacial score (nSPS) is 11.1. The van der Waals surface area contributed by atoms with Crippen molar-refractivity contribution >= 4 is 58.6 Å². The summed E-state index contributed by atoms with van der Waals surface area (Å²) in [6.45, 7) is 2.27. The van der Waals surface area contributed by atoms with Gasteiger partial charge in [0, 0.05) is 41.8 Å². The first-order valence-electron chi connectivity index (χ1n) is 29.4. The molecule has 0 spiro atoms. The van der Waals surface area contributed by atoms with Gasteiger partial charge in [-0.1, -0.05) is 301 Å². The minimum absolute atomic E-state index is 0. The Kier molecular flexibility index (Phi) is 38.4. The number of carbonyl (C=O) groups is 4. The molecular weight excluding hydrogens is 1370 g/mol. The predicted octanol–water partition coefficient (Wildman–Crippen LogP) is 10.5. The van der Waals surface area contributed by atoms with E-state index >= 15 is 0 Å². The van der Waals surface area contributed by atoms with Crippen molar-refractivity contribution in [2.24, 2.45) is 9.98 Å². The second kappa shape index (κ2) is 46.0. The Morgan fingerprint density at radius 3 is 0.794 bits per heavy atom. The van der Waals surface area contributed by atoms with Crippen LogP contribution in [0.4, 0.5) is 0 Å². The number of ketones is 4. The minimum Gasteiger partial charge on any atom is -0.872 e. The molecule has 97 heavy (non-hydrogen) atoms. The van der Waals surface area contributed by atoms with E-state index in [-0.39, 0.29) is 141 Å². The van der Waals surface area contributed by atoms with Gasteiger partial charge >= 0.3 is 65.4 Å². The topological polar surface area (TPSA) is 270 Å². The van der Waals surface area contributed by atoms with Gasteiger partial charge in [0.25, 0.3) is 0 Å². The number of aliphatic hydroxyl groups is 1. The van der Waals surface area contributed by atoms with Gasteiger partial charge in [-0.3, -0.25) is 29.2 Å². The third kappa shape index (κ3) is 28.7. The number of benzene rings is 10. The van der Waals surface area contributed by atoms with Gasteiger partial charge in [-0.15, -0.1) is 0 Å². The summed E-state index contributed by atoms with van der Waals surface area (Å²) in [5, 5.41) is 78.0. The Labute approximate surface area is 616 Å². The van der Waals surface area contributed by atoms with E-state index in [1.54, 1.807) is 231 Å². The van der Waals surface area contributed by atoms with Crippen molar-refractivity contribution in [2.45, 2.75) is 13.0 Å². The molecule has 0 aliphatic heterocycles. The van der Waals surface area contributed by atoms with Gasteiger partial charge in [0.2, 0.25) is 0 Å². The number of allylic oxidation sites excluding steroid dienone is 4. The van der Waals surface area contributed by atoms with Crippen molar-refractivity contribution in [3.63, 3.8) is 0 Å². The van der Waals surface area contributed by atoms with Crippen molar-refractivity contribution < 1.29 is 130 Å². The summed E-state index contributed by atoms with van der Waals surface area (Å²) < 4.78 is 9.99. The maximum Gasteiger partial charge on any atom is 3.00 e. The van der Waals surface area contributed by atoms with E-state index in [2.05, 4.69) is 9.98 Å². The number of aliphatic imine (C=N–C) groups is 2. The van der Waals surface area contributed by atoms with Crippen LogP contribution in [-0.4, -0.2) is 74.6 Å². The maximum absolute atomic E-state index is 12.0. The van der Waals surface area contributed by atoms with Crippen molar-refractivity contribution in [2.75, 3.05) is 27.9 Å². The molecule has 0 saturated heterocycles. The standard InChI is InChI=1S/C19H22N2O4.4C15H12O2.CH4O.2Y/c1-13(21-12-15-7-5-9-17(25-3)19(15)23)10-20-11-14-6-4-8-16(24-2)18(14)22;4*16-14(12-7-3-1-4-8-12)11-15(17)13-9-5-2-6-10-13;1-2;;/h4-9,11-13,22-23H,10H2,1-3H3;4*1-11,16H;2H,1H3;;/q;;;;;;2*+3/p-6/b;4*14-11-;;;. The minimum atomic E-state index is -0.264. The first kappa shape index (κ1) is 81.0. The number of rotatable bonds is 19. The summed E-state index contributed by atoms with van der Waals surface area (Å²) in [7, 11) is 3.91. The average Bonchev–Trinajstić information content (AvgIpc) is 1.29. The molecule has 0 saturated carbocycles. The fraction of sp³-hybridized carbons (Fsp3) is 0.0750. The van der Waals surface area contributed by atoms with Gasteiger partial charge in [0.15, 0.2) is 23.1 Å². The number of aliphatic hydroxyl groups excluding tert-OH is 1. The Morgan fingerprint density at radius 1 is 0.351 bits per heavy atom. The SMILES string of the molecule is CO.COc1cccc(C=NCC(C)N=Cc2cccc(OC)c2[O-])c1[O-].O=C(/C=C(\[O-])c1ccccc1)c1ccccc1.O=C(/C=C(\[O-])c1ccccc1)c1ccccc1.O=C(/C=C(\[O-])c1ccccc1)c1ccccc1.O=C(/C=C(\[O-])c1ccccc1)c1ccccc1.[Y+3].[Y+3]. The van der Waals surface area contributed by atoms with Gasteiger partial charge in [-0.2, -0.15) is 0 Å². The van der Waals surface area contributed by atoms with Crippen LogP contribution in [0.1, 0.15) is 81.7 Å². The number of para-hydroxylation sites is 2. The first-order chi connectivity index (χ1) is 46.1. The maximum atomic E-state index is 12.0. The number of methoxy groups -OCH3 is 2. The molecule has 15 nitrogen and oxygen atoms in total. The Hall–Kier alpha value is -10.3. The van der Waals surface area contributed by atoms with Crippen LogP contribution in [-0.2, 0) is 65.4 Å². The summed E-state index contributed by atoms with van der Waals surface area (Å²) in [5.41, 5.74) is 5.12. The van der Waals surface area contributed by atoms with E-state index in [0.29, 0.717) is 62.2 Å². The van der Waals surface area contributed by atoms with Crippen LogP contribution in [0, 0.1) is 0 Å². The van der Waals surface area contributed by atoms with Crippen molar-refractivity contribution in [1.82, 2.24) is 0 Å². The van der Waals surface area contributed by atoms with Gasteiger partial charge in [0.1, 0.15) is 11.5 Å². The molecule has 10 rings (SSSR count). The molecule has 0 fully saturated rings. The molecule has 0 aromatic heterocycles. The molecule has 482 valence electrons. The van der Waals surface area contributed by atoms with E-state index in [0.717, 1.165) is 31.4 Å². The molecule has 10 aromatic rings. The van der Waals surface area contributed by atoms with Crippen molar-refractivity contribution in [1.29, 1.82) is 0 Å². The van der Waals surface area contributed by atoms with E-state index in [9.17, 15) is 49.8 Å². The third-order valence-electron chi connectivity index (χ3n) is 13.0. The molecule has 0 amide bonds. The van der Waals surface area contributed by atoms with E-state index in [1.165, 1.54) is 26.6 Å². The molecule has 1 unspecified atom stereocenters. The third-order valence-corrected chi connectivity index (χ3v) is 13.0. The zero-order valence-electron chi connectivity index (χ0n) is 53.7. The van der Waals surface area contributed by atoms with Crippen LogP contribution in [0.2, 0.25) is 0 Å². The summed E-state index contributed by atoms with van der Waals surface area (Å²) in [4.78, 5) is 55.6. The molecule has 1 atom stereocenters. The average molecular weight is 1440 g/mol. The molecule has 0 bridgehead atoms. The number of nitrogens with zero attached hydrogens (tertiary/aromatic N) is 2. The second-order valence-electron chi connectivity index (χ2n) is 19.8. The quantitative estimate of drug-likeness (QED) is 0.0342. The number of carbonyl (C=O) groups excluding carboxylic acids is 4. The molecule has 0 aliphatic carbocycles. The summed E-state index contributed by atoms with van der Waals surface area (Å²) in [5.74, 6) is -1.93. The first-order valence-corrected chi connectivity index (χ1v) is 29.4. The van der Waals surface area contributed by atoms with Gasteiger partial charge in [-0.25, -0.2) is 0 Å². The number of hydrogen-bond donors (Lipinski definition) is 1. The summed E-state index contributed by atoms with van der Waals surface area (Å²) in [6.07, 6.45) is 7.56. The van der Waals surface area contributed by atoms with E-state index in [4.69, 9.17) is 14.6 Å². The van der Waals surface area contributed by atoms with E-state index in [1.807, 2.05) is 55.5 Å². The van der Waals surface area contributed by atoms with E-state index < -0.39 is 0 Å². The van der Waals surface area contributed by atoms with Gasteiger partial charge < -0.3 is 45.2 Å². The molecular formula is C80H68N2O13Y2. The van der Waals surface area contributed by atoms with Crippen LogP contribution >= 0.6 is 0 Å². The predicted molar refractivity (Wildman–Crippen MR) is 363 cm³/mol. The molecule has 1 N–H and O–H groups in total. The molecule has 0 heterocycles. The van der Waals surface area contributed by atoms with Crippen molar-refractivity contribution in [3.05, 3.63) is 359 Å². The van der Waals surface area contributed by atoms with Crippen molar-refractivity contribution in [3.8, 4) is 23.0 Å². The number of ether oxygens (including phenoxy) is 2. The Bertz CT molecular complexity index is 3750. The molecule has 0 aliphatic rings. The Balaban J connectivity index is 0.000000315. The van der Waals surface area contributed by atoms with Gasteiger partial charge in [0.05, 0.1) is 26.8 Å². The fourth-order valence-electron chi connectivity index (χ4n) is 8.11. The van der Waals surface area contributed by atoms with Gasteiger partial charge in [-0.05, 0) is 76.7 Å². The summed E-state index contributed by atoms with van der Waals surface area (Å²) >= 11 is 0. The summed E-state index contributed by atoms with van der Waals surface area (Å²) in [6, 6.07) is 80.0. The zero-order valence-corrected chi connectivity index (χ0v) is 59.4. The van der Waals surface area contributed by atoms with Crippen LogP contribution in [0.15, 0.2) is 313 Å². The monoisotopic (exact) mass is 1440 g/mol. The fourth-order valence-corrected chi connectivity index (χ4v) is 8.11. The molecule has 10 aromatic carbocycles. The largest absolute Gasteiger partial charge is 3.00 e. The Morgan fingerprint density at radius 2 is 0.567 bits per heavy atom. The molecule has 0 radical (unpaired) electrons. The number of hydrogen-bond acceptors (Lipinski definition) is 15. The zero-order chi connectivity index (χ0) is 68.6. The van der Waals surface area contributed by atoms with Crippen LogP contribution in [0.25, 0.3) is 23.0 Å². The van der Waals surface area contributed by atoms with Crippen LogP contribution in [0.5, 0.6) is 23.0 Å². The van der Waals surface area contributed by atoms with Crippen LogP contribution < -0.4 is 40.1 Å².